The van der Waals surface area contributed by atoms with E-state index in [2.05, 4.69) is 24.8 Å². The average molecular weight is 384 g/mol. The van der Waals surface area contributed by atoms with E-state index in [9.17, 15) is 0 Å². The van der Waals surface area contributed by atoms with Gasteiger partial charge in [-0.25, -0.2) is 15.0 Å². The summed E-state index contributed by atoms with van der Waals surface area (Å²) >= 11 is 1.65. The van der Waals surface area contributed by atoms with Crippen LogP contribution < -0.4 is 9.64 Å². The molecule has 0 aromatic carbocycles. The maximum atomic E-state index is 6.49. The van der Waals surface area contributed by atoms with E-state index < -0.39 is 0 Å². The molecule has 1 aliphatic carbocycles. The summed E-state index contributed by atoms with van der Waals surface area (Å²) in [5, 5.41) is 0.814. The van der Waals surface area contributed by atoms with Crippen LogP contribution in [0.5, 0.6) is 5.19 Å². The Bertz CT molecular complexity index is 805. The van der Waals surface area contributed by atoms with Gasteiger partial charge in [-0.1, -0.05) is 11.3 Å². The summed E-state index contributed by atoms with van der Waals surface area (Å²) < 4.78 is 6.49. The van der Waals surface area contributed by atoms with Crippen LogP contribution in [-0.2, 0) is 0 Å². The van der Waals surface area contributed by atoms with Gasteiger partial charge in [-0.3, -0.25) is 0 Å². The van der Waals surface area contributed by atoms with E-state index in [1.54, 1.807) is 17.7 Å². The molecule has 2 aromatic heterocycles. The Kier molecular flexibility index (Phi) is 3.86. The molecule has 5 aliphatic rings. The molecule has 6 heterocycles. The molecule has 5 fully saturated rings. The van der Waals surface area contributed by atoms with Crippen molar-refractivity contribution in [3.05, 3.63) is 18.7 Å². The first-order valence-electron chi connectivity index (χ1n) is 10.2. The molecular formula is C20H25N5OS. The van der Waals surface area contributed by atoms with Crippen molar-refractivity contribution >= 4 is 17.2 Å². The summed E-state index contributed by atoms with van der Waals surface area (Å²) in [4.78, 5) is 19.6. The fraction of sp³-hybridized carbons (Fsp3) is 0.650. The van der Waals surface area contributed by atoms with Crippen LogP contribution in [0.1, 0.15) is 25.7 Å². The number of hydrogen-bond acceptors (Lipinski definition) is 7. The zero-order valence-electron chi connectivity index (χ0n) is 15.5. The first-order chi connectivity index (χ1) is 13.3. The number of hydrogen-bond donors (Lipinski definition) is 0. The number of rotatable bonds is 4. The van der Waals surface area contributed by atoms with Gasteiger partial charge < -0.3 is 14.5 Å². The van der Waals surface area contributed by atoms with Crippen molar-refractivity contribution in [2.45, 2.75) is 31.8 Å². The van der Waals surface area contributed by atoms with Crippen LogP contribution >= 0.6 is 11.3 Å². The predicted molar refractivity (Wildman–Crippen MR) is 105 cm³/mol. The van der Waals surface area contributed by atoms with Crippen LogP contribution in [0.15, 0.2) is 18.7 Å². The highest BCUT2D eigenvalue weighted by Gasteiger charge is 2.49. The molecular weight excluding hydrogens is 358 g/mol. The highest BCUT2D eigenvalue weighted by Crippen LogP contribution is 2.46. The number of piperidine rings is 3. The smallest absolute Gasteiger partial charge is 0.274 e. The molecule has 142 valence electrons. The Hall–Kier alpha value is -1.73. The molecule has 6 nitrogen and oxygen atoms in total. The molecule has 2 atom stereocenters. The zero-order chi connectivity index (χ0) is 17.8. The van der Waals surface area contributed by atoms with Crippen LogP contribution in [0.2, 0.25) is 0 Å². The first kappa shape index (κ1) is 16.2. The summed E-state index contributed by atoms with van der Waals surface area (Å²) in [5.41, 5.74) is 1.09. The number of nitrogens with zero attached hydrogens (tertiary/aromatic N) is 5. The molecule has 4 saturated heterocycles. The van der Waals surface area contributed by atoms with Gasteiger partial charge in [0.2, 0.25) is 0 Å². The van der Waals surface area contributed by atoms with Crippen molar-refractivity contribution in [1.29, 1.82) is 0 Å². The summed E-state index contributed by atoms with van der Waals surface area (Å²) in [6.45, 7) is 5.89. The molecule has 2 aromatic rings. The molecule has 4 bridgehead atoms. The van der Waals surface area contributed by atoms with Crippen molar-refractivity contribution in [1.82, 2.24) is 19.9 Å². The van der Waals surface area contributed by atoms with Crippen LogP contribution in [-0.4, -0.2) is 58.7 Å². The predicted octanol–water partition coefficient (Wildman–Crippen LogP) is 2.92. The number of anilines is 1. The lowest BCUT2D eigenvalue weighted by Crippen LogP contribution is -2.61. The second-order valence-corrected chi connectivity index (χ2v) is 9.60. The van der Waals surface area contributed by atoms with Gasteiger partial charge in [0, 0.05) is 57.0 Å². The highest BCUT2D eigenvalue weighted by atomic mass is 32.1. The summed E-state index contributed by atoms with van der Waals surface area (Å²) in [6.07, 6.45) is 11.0. The van der Waals surface area contributed by atoms with E-state index in [1.165, 1.54) is 45.3 Å². The van der Waals surface area contributed by atoms with Gasteiger partial charge >= 0.3 is 0 Å². The lowest BCUT2D eigenvalue weighted by Gasteiger charge is -2.55. The van der Waals surface area contributed by atoms with Crippen molar-refractivity contribution in [3.8, 4) is 15.6 Å². The Morgan fingerprint density at radius 1 is 1.00 bits per heavy atom. The normalized spacial score (nSPS) is 34.4. The lowest BCUT2D eigenvalue weighted by molar-refractivity contribution is -0.0985. The van der Waals surface area contributed by atoms with Crippen molar-refractivity contribution in [2.24, 2.45) is 17.8 Å². The Morgan fingerprint density at radius 2 is 1.81 bits per heavy atom. The SMILES string of the molecule is c1ncc(-c2cnc(OC3C4CC5CC3CN(C5)C4)s2)c(N2CCCC2)n1. The van der Waals surface area contributed by atoms with Gasteiger partial charge in [-0.15, -0.1) is 0 Å². The molecule has 7 rings (SSSR count). The summed E-state index contributed by atoms with van der Waals surface area (Å²) in [7, 11) is 0. The third kappa shape index (κ3) is 2.83. The van der Waals surface area contributed by atoms with Crippen LogP contribution in [0.4, 0.5) is 5.82 Å². The monoisotopic (exact) mass is 383 g/mol. The van der Waals surface area contributed by atoms with Gasteiger partial charge in [0.25, 0.3) is 5.19 Å². The number of ether oxygens (including phenoxy) is 1. The minimum atomic E-state index is 0.349. The third-order valence-electron chi connectivity index (χ3n) is 6.79. The Labute approximate surface area is 163 Å². The van der Waals surface area contributed by atoms with Gasteiger partial charge in [-0.2, -0.15) is 0 Å². The average Bonchev–Trinajstić information content (AvgIpc) is 3.36. The largest absolute Gasteiger partial charge is 0.466 e. The van der Waals surface area contributed by atoms with Crippen molar-refractivity contribution < 1.29 is 4.74 Å². The van der Waals surface area contributed by atoms with E-state index in [0.717, 1.165) is 40.5 Å². The fourth-order valence-electron chi connectivity index (χ4n) is 5.79. The number of aromatic nitrogens is 3. The zero-order valence-corrected chi connectivity index (χ0v) is 16.3. The lowest BCUT2D eigenvalue weighted by atomic mass is 9.66. The second kappa shape index (κ2) is 6.41. The minimum absolute atomic E-state index is 0.349. The van der Waals surface area contributed by atoms with Gasteiger partial charge in [-0.05, 0) is 31.6 Å². The highest BCUT2D eigenvalue weighted by molar-refractivity contribution is 7.16. The molecule has 4 aliphatic heterocycles. The van der Waals surface area contributed by atoms with E-state index in [0.29, 0.717) is 17.9 Å². The van der Waals surface area contributed by atoms with Gasteiger partial charge in [0.1, 0.15) is 18.2 Å². The standard InChI is InChI=1S/C20H25N5OS/c1-2-4-25(3-1)19-16(7-21-12-23-19)17-8-22-20(27-17)26-18-14-5-13-6-15(18)11-24(9-13)10-14/h7-8,12-15,18H,1-6,9-11H2. The van der Waals surface area contributed by atoms with Crippen molar-refractivity contribution in [3.63, 3.8) is 0 Å². The summed E-state index contributed by atoms with van der Waals surface area (Å²) in [6, 6.07) is 0. The molecule has 0 N–H and O–H groups in total. The minimum Gasteiger partial charge on any atom is -0.466 e. The molecule has 7 heteroatoms. The molecule has 0 amide bonds. The quantitative estimate of drug-likeness (QED) is 0.809. The molecule has 2 unspecified atom stereocenters. The molecule has 0 spiro atoms. The van der Waals surface area contributed by atoms with E-state index >= 15 is 0 Å². The van der Waals surface area contributed by atoms with Crippen molar-refractivity contribution in [2.75, 3.05) is 37.6 Å². The van der Waals surface area contributed by atoms with E-state index in [-0.39, 0.29) is 0 Å². The maximum absolute atomic E-state index is 6.49. The van der Waals surface area contributed by atoms with Crippen LogP contribution in [0.3, 0.4) is 0 Å². The first-order valence-corrected chi connectivity index (χ1v) is 11.1. The van der Waals surface area contributed by atoms with Crippen LogP contribution in [0, 0.1) is 17.8 Å². The molecule has 1 saturated carbocycles. The maximum Gasteiger partial charge on any atom is 0.274 e. The topological polar surface area (TPSA) is 54.4 Å². The fourth-order valence-corrected chi connectivity index (χ4v) is 6.60. The Morgan fingerprint density at radius 3 is 2.59 bits per heavy atom. The summed E-state index contributed by atoms with van der Waals surface area (Å²) in [5.74, 6) is 3.31. The van der Waals surface area contributed by atoms with E-state index in [4.69, 9.17) is 4.74 Å². The second-order valence-electron chi connectivity index (χ2n) is 8.60. The number of thiazole rings is 1. The Balaban J connectivity index is 1.24. The van der Waals surface area contributed by atoms with E-state index in [1.807, 2.05) is 12.4 Å². The third-order valence-corrected chi connectivity index (χ3v) is 7.71. The molecule has 0 radical (unpaired) electrons. The van der Waals surface area contributed by atoms with Gasteiger partial charge in [0.15, 0.2) is 0 Å². The van der Waals surface area contributed by atoms with Crippen LogP contribution in [0.25, 0.3) is 10.4 Å². The van der Waals surface area contributed by atoms with Gasteiger partial charge in [0.05, 0.1) is 10.4 Å². The molecule has 27 heavy (non-hydrogen) atoms.